The monoisotopic (exact) mass is 345 g/mol. The minimum absolute atomic E-state index is 0.0746. The highest BCUT2D eigenvalue weighted by atomic mass is 16.5. The normalized spacial score (nSPS) is 10.3. The molecule has 0 atom stereocenters. The molecule has 3 aromatic rings. The number of carbonyl (C=O) groups excluding carboxylic acids is 1. The Morgan fingerprint density at radius 1 is 0.769 bits per heavy atom. The van der Waals surface area contributed by atoms with Gasteiger partial charge in [0.05, 0.1) is 6.61 Å². The molecule has 1 N–H and O–H groups in total. The van der Waals surface area contributed by atoms with Crippen molar-refractivity contribution in [3.05, 3.63) is 102 Å². The Balaban J connectivity index is 1.47. The van der Waals surface area contributed by atoms with Gasteiger partial charge < -0.3 is 10.1 Å². The summed E-state index contributed by atoms with van der Waals surface area (Å²) in [5, 5.41) is 2.96. The first-order valence-electron chi connectivity index (χ1n) is 8.90. The van der Waals surface area contributed by atoms with Crippen LogP contribution in [0.1, 0.15) is 21.5 Å². The number of ether oxygens (including phenoxy) is 1. The molecule has 0 saturated carbocycles. The van der Waals surface area contributed by atoms with Crippen molar-refractivity contribution >= 4 is 5.91 Å². The molecule has 3 heteroatoms. The van der Waals surface area contributed by atoms with Crippen molar-refractivity contribution in [1.29, 1.82) is 0 Å². The maximum atomic E-state index is 12.3. The average molecular weight is 345 g/mol. The topological polar surface area (TPSA) is 38.3 Å². The molecule has 0 unspecified atom stereocenters. The summed E-state index contributed by atoms with van der Waals surface area (Å²) < 4.78 is 5.79. The number of benzene rings is 3. The van der Waals surface area contributed by atoms with Crippen molar-refractivity contribution < 1.29 is 9.53 Å². The lowest BCUT2D eigenvalue weighted by molar-refractivity contribution is 0.0953. The van der Waals surface area contributed by atoms with E-state index in [2.05, 4.69) is 29.6 Å². The number of hydrogen-bond donors (Lipinski definition) is 1. The molecule has 0 aliphatic heterocycles. The Kier molecular flexibility index (Phi) is 6.43. The second-order valence-corrected chi connectivity index (χ2v) is 6.10. The summed E-state index contributed by atoms with van der Waals surface area (Å²) in [6, 6.07) is 27.7. The summed E-state index contributed by atoms with van der Waals surface area (Å²) >= 11 is 0. The highest BCUT2D eigenvalue weighted by molar-refractivity contribution is 5.94. The van der Waals surface area contributed by atoms with Gasteiger partial charge in [-0.1, -0.05) is 66.7 Å². The third kappa shape index (κ3) is 5.49. The number of carbonyl (C=O) groups is 1. The van der Waals surface area contributed by atoms with Crippen LogP contribution in [-0.2, 0) is 12.8 Å². The molecule has 1 amide bonds. The zero-order valence-electron chi connectivity index (χ0n) is 14.7. The van der Waals surface area contributed by atoms with E-state index in [1.54, 1.807) is 6.07 Å². The van der Waals surface area contributed by atoms with Crippen LogP contribution in [0.2, 0.25) is 0 Å². The molecule has 0 fully saturated rings. The lowest BCUT2D eigenvalue weighted by atomic mass is 10.1. The molecule has 132 valence electrons. The standard InChI is InChI=1S/C23H23NO2/c25-23(24-16-14-19-8-3-1-4-9-19)21-12-7-13-22(18-21)26-17-15-20-10-5-2-6-11-20/h1-13,18H,14-17H2,(H,24,25). The summed E-state index contributed by atoms with van der Waals surface area (Å²) in [4.78, 5) is 12.3. The third-order valence-corrected chi connectivity index (χ3v) is 4.14. The largest absolute Gasteiger partial charge is 0.493 e. The van der Waals surface area contributed by atoms with Gasteiger partial charge in [0.1, 0.15) is 5.75 Å². The van der Waals surface area contributed by atoms with Crippen LogP contribution in [0.5, 0.6) is 5.75 Å². The third-order valence-electron chi connectivity index (χ3n) is 4.14. The van der Waals surface area contributed by atoms with E-state index >= 15 is 0 Å². The summed E-state index contributed by atoms with van der Waals surface area (Å²) in [6.45, 7) is 1.20. The van der Waals surface area contributed by atoms with Crippen molar-refractivity contribution in [2.75, 3.05) is 13.2 Å². The van der Waals surface area contributed by atoms with Crippen LogP contribution in [-0.4, -0.2) is 19.1 Å². The molecule has 3 rings (SSSR count). The molecule has 0 radical (unpaired) electrons. The van der Waals surface area contributed by atoms with E-state index < -0.39 is 0 Å². The minimum Gasteiger partial charge on any atom is -0.493 e. The van der Waals surface area contributed by atoms with Crippen molar-refractivity contribution in [1.82, 2.24) is 5.32 Å². The van der Waals surface area contributed by atoms with E-state index in [9.17, 15) is 4.79 Å². The number of nitrogens with one attached hydrogen (secondary N) is 1. The Morgan fingerprint density at radius 2 is 1.42 bits per heavy atom. The second-order valence-electron chi connectivity index (χ2n) is 6.10. The smallest absolute Gasteiger partial charge is 0.251 e. The molecular weight excluding hydrogens is 322 g/mol. The van der Waals surface area contributed by atoms with Gasteiger partial charge in [0.2, 0.25) is 0 Å². The molecule has 0 spiro atoms. The Morgan fingerprint density at radius 3 is 2.12 bits per heavy atom. The lowest BCUT2D eigenvalue weighted by Gasteiger charge is -2.09. The fourth-order valence-electron chi connectivity index (χ4n) is 2.73. The van der Waals surface area contributed by atoms with Crippen molar-refractivity contribution in [3.8, 4) is 5.75 Å². The zero-order valence-corrected chi connectivity index (χ0v) is 14.7. The van der Waals surface area contributed by atoms with Crippen LogP contribution in [0.4, 0.5) is 0 Å². The number of amides is 1. The summed E-state index contributed by atoms with van der Waals surface area (Å²) in [7, 11) is 0. The van der Waals surface area contributed by atoms with Crippen molar-refractivity contribution in [2.24, 2.45) is 0 Å². The second kappa shape index (κ2) is 9.42. The highest BCUT2D eigenvalue weighted by Crippen LogP contribution is 2.14. The first-order valence-corrected chi connectivity index (χ1v) is 8.90. The molecule has 3 aromatic carbocycles. The van der Waals surface area contributed by atoms with Crippen LogP contribution < -0.4 is 10.1 Å². The molecule has 0 bridgehead atoms. The first kappa shape index (κ1) is 17.7. The summed E-state index contributed by atoms with van der Waals surface area (Å²) in [5.74, 6) is 0.645. The fraction of sp³-hybridized carbons (Fsp3) is 0.174. The first-order chi connectivity index (χ1) is 12.8. The predicted molar refractivity (Wildman–Crippen MR) is 105 cm³/mol. The molecule has 0 aromatic heterocycles. The molecule has 3 nitrogen and oxygen atoms in total. The molecule has 0 aliphatic rings. The van der Waals surface area contributed by atoms with E-state index in [-0.39, 0.29) is 5.91 Å². The van der Waals surface area contributed by atoms with Crippen molar-refractivity contribution in [2.45, 2.75) is 12.8 Å². The van der Waals surface area contributed by atoms with Crippen LogP contribution in [0, 0.1) is 0 Å². The maximum Gasteiger partial charge on any atom is 0.251 e. The van der Waals surface area contributed by atoms with Gasteiger partial charge in [0, 0.05) is 18.5 Å². The highest BCUT2D eigenvalue weighted by Gasteiger charge is 2.06. The molecule has 0 aliphatic carbocycles. The van der Waals surface area contributed by atoms with Crippen molar-refractivity contribution in [3.63, 3.8) is 0 Å². The van der Waals surface area contributed by atoms with Crippen LogP contribution >= 0.6 is 0 Å². The van der Waals surface area contributed by atoms with Crippen LogP contribution in [0.3, 0.4) is 0 Å². The number of rotatable bonds is 8. The summed E-state index contributed by atoms with van der Waals surface area (Å²) in [6.07, 6.45) is 1.66. The zero-order chi connectivity index (χ0) is 18.0. The predicted octanol–water partition coefficient (Wildman–Crippen LogP) is 4.28. The van der Waals surface area contributed by atoms with Crippen LogP contribution in [0.15, 0.2) is 84.9 Å². The maximum absolute atomic E-state index is 12.3. The minimum atomic E-state index is -0.0746. The van der Waals surface area contributed by atoms with Gasteiger partial charge in [-0.2, -0.15) is 0 Å². The van der Waals surface area contributed by atoms with Gasteiger partial charge in [-0.3, -0.25) is 4.79 Å². The molecule has 26 heavy (non-hydrogen) atoms. The van der Waals surface area contributed by atoms with Gasteiger partial charge in [-0.15, -0.1) is 0 Å². The van der Waals surface area contributed by atoms with Gasteiger partial charge in [-0.25, -0.2) is 0 Å². The van der Waals surface area contributed by atoms with E-state index in [0.717, 1.165) is 18.6 Å². The van der Waals surface area contributed by atoms with Gasteiger partial charge in [0.15, 0.2) is 0 Å². The Labute approximate surface area is 154 Å². The number of hydrogen-bond acceptors (Lipinski definition) is 2. The lowest BCUT2D eigenvalue weighted by Crippen LogP contribution is -2.25. The van der Waals surface area contributed by atoms with Gasteiger partial charge in [-0.05, 0) is 35.7 Å². The molecule has 0 heterocycles. The van der Waals surface area contributed by atoms with E-state index in [0.29, 0.717) is 18.7 Å². The van der Waals surface area contributed by atoms with E-state index in [4.69, 9.17) is 4.74 Å². The average Bonchev–Trinajstić information content (AvgIpc) is 2.70. The summed E-state index contributed by atoms with van der Waals surface area (Å²) in [5.41, 5.74) is 3.07. The van der Waals surface area contributed by atoms with Crippen LogP contribution in [0.25, 0.3) is 0 Å². The Bertz CT molecular complexity index is 816. The van der Waals surface area contributed by atoms with E-state index in [1.165, 1.54) is 11.1 Å². The van der Waals surface area contributed by atoms with Gasteiger partial charge in [0.25, 0.3) is 5.91 Å². The van der Waals surface area contributed by atoms with E-state index in [1.807, 2.05) is 54.6 Å². The van der Waals surface area contributed by atoms with Gasteiger partial charge >= 0.3 is 0 Å². The SMILES string of the molecule is O=C(NCCc1ccccc1)c1cccc(OCCc2ccccc2)c1. The Hall–Kier alpha value is -3.07. The molecule has 0 saturated heterocycles. The quantitative estimate of drug-likeness (QED) is 0.662. The fourth-order valence-corrected chi connectivity index (χ4v) is 2.73. The molecular formula is C23H23NO2.